The standard InChI is InChI=1S/C11H16N/c1-3-4-7-10-8-5-6-9-11(10)12-2/h5-6,9,12H,3-4,7H2,1-2H3. The molecule has 1 aromatic carbocycles. The van der Waals surface area contributed by atoms with Gasteiger partial charge < -0.3 is 5.32 Å². The van der Waals surface area contributed by atoms with Gasteiger partial charge in [0.05, 0.1) is 0 Å². The van der Waals surface area contributed by atoms with E-state index in [1.165, 1.54) is 24.1 Å². The molecule has 65 valence electrons. The van der Waals surface area contributed by atoms with Crippen LogP contribution in [0.1, 0.15) is 25.3 Å². The van der Waals surface area contributed by atoms with Crippen molar-refractivity contribution in [2.75, 3.05) is 12.4 Å². The Morgan fingerprint density at radius 3 is 3.00 bits per heavy atom. The summed E-state index contributed by atoms with van der Waals surface area (Å²) in [6.45, 7) is 2.21. The second-order valence-corrected chi connectivity index (χ2v) is 2.92. The molecule has 0 atom stereocenters. The Morgan fingerprint density at radius 2 is 2.33 bits per heavy atom. The number of aryl methyl sites for hydroxylation is 1. The van der Waals surface area contributed by atoms with Crippen LogP contribution in [0.2, 0.25) is 0 Å². The van der Waals surface area contributed by atoms with Gasteiger partial charge in [-0.05, 0) is 30.5 Å². The minimum atomic E-state index is 1.13. The predicted octanol–water partition coefficient (Wildman–Crippen LogP) is 2.87. The van der Waals surface area contributed by atoms with Gasteiger partial charge in [0, 0.05) is 12.7 Å². The van der Waals surface area contributed by atoms with Crippen molar-refractivity contribution in [2.24, 2.45) is 0 Å². The van der Waals surface area contributed by atoms with Crippen LogP contribution >= 0.6 is 0 Å². The summed E-state index contributed by atoms with van der Waals surface area (Å²) in [5, 5.41) is 3.17. The Labute approximate surface area is 74.8 Å². The lowest BCUT2D eigenvalue weighted by Gasteiger charge is -2.06. The highest BCUT2D eigenvalue weighted by Crippen LogP contribution is 2.15. The summed E-state index contributed by atoms with van der Waals surface area (Å²) >= 11 is 0. The molecule has 0 saturated heterocycles. The Kier molecular flexibility index (Phi) is 3.65. The molecule has 0 bridgehead atoms. The monoisotopic (exact) mass is 162 g/mol. The van der Waals surface area contributed by atoms with Crippen LogP contribution in [0.4, 0.5) is 5.69 Å². The lowest BCUT2D eigenvalue weighted by atomic mass is 10.1. The number of hydrogen-bond donors (Lipinski definition) is 1. The molecule has 1 heteroatoms. The van der Waals surface area contributed by atoms with Gasteiger partial charge in [0.2, 0.25) is 0 Å². The molecule has 1 rings (SSSR count). The van der Waals surface area contributed by atoms with Crippen molar-refractivity contribution in [1.82, 2.24) is 0 Å². The highest BCUT2D eigenvalue weighted by molar-refractivity contribution is 5.49. The number of rotatable bonds is 4. The molecular weight excluding hydrogens is 146 g/mol. The Balaban J connectivity index is 2.68. The van der Waals surface area contributed by atoms with Crippen molar-refractivity contribution in [3.8, 4) is 0 Å². The van der Waals surface area contributed by atoms with E-state index in [1.54, 1.807) is 0 Å². The van der Waals surface area contributed by atoms with Crippen molar-refractivity contribution in [1.29, 1.82) is 0 Å². The van der Waals surface area contributed by atoms with Crippen LogP contribution in [-0.4, -0.2) is 7.05 Å². The first kappa shape index (κ1) is 9.11. The minimum Gasteiger partial charge on any atom is -0.388 e. The van der Waals surface area contributed by atoms with E-state index in [0.29, 0.717) is 0 Å². The third-order valence-electron chi connectivity index (χ3n) is 1.99. The molecule has 1 radical (unpaired) electrons. The average molecular weight is 162 g/mol. The van der Waals surface area contributed by atoms with Crippen LogP contribution in [0, 0.1) is 6.07 Å². The molecule has 0 spiro atoms. The predicted molar refractivity (Wildman–Crippen MR) is 53.4 cm³/mol. The van der Waals surface area contributed by atoms with Gasteiger partial charge in [0.1, 0.15) is 0 Å². The smallest absolute Gasteiger partial charge is 0.0376 e. The number of benzene rings is 1. The molecule has 1 aromatic rings. The summed E-state index contributed by atoms with van der Waals surface area (Å²) < 4.78 is 0. The number of anilines is 1. The summed E-state index contributed by atoms with van der Waals surface area (Å²) in [6.07, 6.45) is 3.62. The van der Waals surface area contributed by atoms with Crippen LogP contribution in [0.15, 0.2) is 18.2 Å². The van der Waals surface area contributed by atoms with Crippen molar-refractivity contribution < 1.29 is 0 Å². The van der Waals surface area contributed by atoms with E-state index in [-0.39, 0.29) is 0 Å². The topological polar surface area (TPSA) is 12.0 Å². The molecule has 0 aliphatic heterocycles. The fourth-order valence-electron chi connectivity index (χ4n) is 1.27. The van der Waals surface area contributed by atoms with Crippen molar-refractivity contribution >= 4 is 5.69 Å². The second-order valence-electron chi connectivity index (χ2n) is 2.92. The first-order chi connectivity index (χ1) is 5.88. The molecule has 1 N–H and O–H groups in total. The highest BCUT2D eigenvalue weighted by Gasteiger charge is 1.97. The molecule has 0 aliphatic rings. The van der Waals surface area contributed by atoms with E-state index >= 15 is 0 Å². The molecule has 1 nitrogen and oxygen atoms in total. The summed E-state index contributed by atoms with van der Waals surface area (Å²) in [7, 11) is 1.96. The summed E-state index contributed by atoms with van der Waals surface area (Å²) in [5.41, 5.74) is 2.52. The van der Waals surface area contributed by atoms with E-state index in [1.807, 2.05) is 19.2 Å². The van der Waals surface area contributed by atoms with Crippen LogP contribution in [0.5, 0.6) is 0 Å². The van der Waals surface area contributed by atoms with Gasteiger partial charge in [-0.25, -0.2) is 0 Å². The van der Waals surface area contributed by atoms with Crippen molar-refractivity contribution in [3.05, 3.63) is 29.8 Å². The summed E-state index contributed by atoms with van der Waals surface area (Å²) in [5.74, 6) is 0. The van der Waals surface area contributed by atoms with Gasteiger partial charge in [-0.15, -0.1) is 0 Å². The highest BCUT2D eigenvalue weighted by atomic mass is 14.8. The number of hydrogen-bond acceptors (Lipinski definition) is 1. The van der Waals surface area contributed by atoms with Gasteiger partial charge in [-0.1, -0.05) is 25.5 Å². The molecule has 0 fully saturated rings. The van der Waals surface area contributed by atoms with E-state index in [2.05, 4.69) is 24.4 Å². The SMILES string of the molecule is CCCCc1[c]cccc1NC. The van der Waals surface area contributed by atoms with Gasteiger partial charge >= 0.3 is 0 Å². The third-order valence-corrected chi connectivity index (χ3v) is 1.99. The zero-order valence-corrected chi connectivity index (χ0v) is 7.85. The van der Waals surface area contributed by atoms with E-state index < -0.39 is 0 Å². The minimum absolute atomic E-state index is 1.13. The Morgan fingerprint density at radius 1 is 1.50 bits per heavy atom. The Bertz CT molecular complexity index is 230. The zero-order chi connectivity index (χ0) is 8.81. The maximum Gasteiger partial charge on any atom is 0.0376 e. The van der Waals surface area contributed by atoms with Gasteiger partial charge in [-0.3, -0.25) is 0 Å². The van der Waals surface area contributed by atoms with Crippen LogP contribution in [-0.2, 0) is 6.42 Å². The first-order valence-electron chi connectivity index (χ1n) is 4.55. The molecule has 0 saturated carbocycles. The largest absolute Gasteiger partial charge is 0.388 e. The van der Waals surface area contributed by atoms with Crippen LogP contribution < -0.4 is 5.32 Å². The van der Waals surface area contributed by atoms with E-state index in [4.69, 9.17) is 0 Å². The first-order valence-corrected chi connectivity index (χ1v) is 4.55. The summed E-state index contributed by atoms with van der Waals surface area (Å²) in [6, 6.07) is 9.35. The molecule has 0 aromatic heterocycles. The summed E-state index contributed by atoms with van der Waals surface area (Å²) in [4.78, 5) is 0. The molecule has 0 amide bonds. The van der Waals surface area contributed by atoms with Gasteiger partial charge in [-0.2, -0.15) is 0 Å². The average Bonchev–Trinajstić information content (AvgIpc) is 2.15. The van der Waals surface area contributed by atoms with Crippen molar-refractivity contribution in [2.45, 2.75) is 26.2 Å². The number of unbranched alkanes of at least 4 members (excludes halogenated alkanes) is 1. The van der Waals surface area contributed by atoms with Gasteiger partial charge in [0.25, 0.3) is 0 Å². The zero-order valence-electron chi connectivity index (χ0n) is 7.85. The van der Waals surface area contributed by atoms with E-state index in [0.717, 1.165) is 6.42 Å². The fraction of sp³-hybridized carbons (Fsp3) is 0.455. The van der Waals surface area contributed by atoms with Gasteiger partial charge in [0.15, 0.2) is 0 Å². The van der Waals surface area contributed by atoms with Crippen LogP contribution in [0.25, 0.3) is 0 Å². The third kappa shape index (κ3) is 2.26. The lowest BCUT2D eigenvalue weighted by molar-refractivity contribution is 0.795. The molecule has 12 heavy (non-hydrogen) atoms. The lowest BCUT2D eigenvalue weighted by Crippen LogP contribution is -1.95. The maximum absolute atomic E-state index is 3.26. The van der Waals surface area contributed by atoms with E-state index in [9.17, 15) is 0 Å². The van der Waals surface area contributed by atoms with Crippen LogP contribution in [0.3, 0.4) is 0 Å². The normalized spacial score (nSPS) is 9.83. The second kappa shape index (κ2) is 4.81. The number of nitrogens with one attached hydrogen (secondary N) is 1. The molecule has 0 heterocycles. The molecular formula is C11H16N. The quantitative estimate of drug-likeness (QED) is 0.717. The molecule has 0 unspecified atom stereocenters. The fourth-order valence-corrected chi connectivity index (χ4v) is 1.27. The maximum atomic E-state index is 3.26. The Hall–Kier alpha value is -0.980. The van der Waals surface area contributed by atoms with Crippen molar-refractivity contribution in [3.63, 3.8) is 0 Å². The molecule has 0 aliphatic carbocycles.